The van der Waals surface area contributed by atoms with Crippen LogP contribution in [0.3, 0.4) is 0 Å². The minimum absolute atomic E-state index is 0.180. The first-order valence-corrected chi connectivity index (χ1v) is 6.90. The molecule has 1 aromatic carbocycles. The number of hydrogen-bond acceptors (Lipinski definition) is 3. The van der Waals surface area contributed by atoms with Gasteiger partial charge in [-0.3, -0.25) is 4.79 Å². The van der Waals surface area contributed by atoms with Crippen LogP contribution in [-0.2, 0) is 9.53 Å². The van der Waals surface area contributed by atoms with E-state index in [1.807, 2.05) is 25.1 Å². The van der Waals surface area contributed by atoms with Gasteiger partial charge in [-0.25, -0.2) is 0 Å². The minimum Gasteiger partial charge on any atom is -0.378 e. The third-order valence-electron chi connectivity index (χ3n) is 3.18. The molecule has 1 atom stereocenters. The molecule has 4 nitrogen and oxygen atoms in total. The third-order valence-corrected chi connectivity index (χ3v) is 3.38. The molecule has 1 aliphatic rings. The number of carbonyl (C=O) groups is 1. The van der Waals surface area contributed by atoms with E-state index in [-0.39, 0.29) is 5.91 Å². The molecular formula is C14H19ClN2O2. The van der Waals surface area contributed by atoms with Gasteiger partial charge >= 0.3 is 0 Å². The molecular weight excluding hydrogens is 264 g/mol. The van der Waals surface area contributed by atoms with Crippen molar-refractivity contribution in [3.05, 3.63) is 23.8 Å². The number of nitrogens with zero attached hydrogens (tertiary/aromatic N) is 1. The molecule has 1 fully saturated rings. The number of amides is 1. The van der Waals surface area contributed by atoms with Crippen LogP contribution in [0.5, 0.6) is 0 Å². The zero-order valence-electron chi connectivity index (χ0n) is 11.3. The van der Waals surface area contributed by atoms with E-state index in [9.17, 15) is 4.79 Å². The normalized spacial score (nSPS) is 17.1. The molecule has 0 unspecified atom stereocenters. The summed E-state index contributed by atoms with van der Waals surface area (Å²) in [5.41, 5.74) is 3.12. The average molecular weight is 283 g/mol. The Bertz CT molecular complexity index is 457. The molecule has 19 heavy (non-hydrogen) atoms. The van der Waals surface area contributed by atoms with Crippen molar-refractivity contribution in [3.63, 3.8) is 0 Å². The van der Waals surface area contributed by atoms with Crippen molar-refractivity contribution in [2.75, 3.05) is 36.5 Å². The molecule has 1 aliphatic heterocycles. The number of aryl methyl sites for hydroxylation is 1. The summed E-state index contributed by atoms with van der Waals surface area (Å²) >= 11 is 5.74. The van der Waals surface area contributed by atoms with E-state index in [1.165, 1.54) is 5.69 Å². The molecule has 0 radical (unpaired) electrons. The number of carbonyl (C=O) groups excluding carboxylic acids is 1. The molecule has 0 aliphatic carbocycles. The summed E-state index contributed by atoms with van der Waals surface area (Å²) in [4.78, 5) is 13.8. The van der Waals surface area contributed by atoms with Gasteiger partial charge < -0.3 is 15.0 Å². The Morgan fingerprint density at radius 2 is 2.11 bits per heavy atom. The smallest absolute Gasteiger partial charge is 0.242 e. The molecule has 1 amide bonds. The van der Waals surface area contributed by atoms with Crippen LogP contribution in [0.1, 0.15) is 12.5 Å². The van der Waals surface area contributed by atoms with Crippen molar-refractivity contribution in [3.8, 4) is 0 Å². The molecule has 0 saturated carbocycles. The SMILES string of the molecule is Cc1cc(NC(=O)[C@H](C)Cl)ccc1N1CCOCC1. The fourth-order valence-corrected chi connectivity index (χ4v) is 2.19. The number of alkyl halides is 1. The quantitative estimate of drug-likeness (QED) is 0.866. The summed E-state index contributed by atoms with van der Waals surface area (Å²) in [6.07, 6.45) is 0. The molecule has 2 rings (SSSR count). The topological polar surface area (TPSA) is 41.6 Å². The third kappa shape index (κ3) is 3.61. The lowest BCUT2D eigenvalue weighted by molar-refractivity contribution is -0.115. The maximum absolute atomic E-state index is 11.5. The number of morpholine rings is 1. The van der Waals surface area contributed by atoms with E-state index in [0.29, 0.717) is 0 Å². The van der Waals surface area contributed by atoms with Crippen molar-refractivity contribution in [1.82, 2.24) is 0 Å². The highest BCUT2D eigenvalue weighted by Crippen LogP contribution is 2.24. The zero-order valence-corrected chi connectivity index (χ0v) is 12.0. The first-order valence-electron chi connectivity index (χ1n) is 6.46. The highest BCUT2D eigenvalue weighted by atomic mass is 35.5. The van der Waals surface area contributed by atoms with E-state index in [2.05, 4.69) is 10.2 Å². The van der Waals surface area contributed by atoms with Crippen LogP contribution in [0, 0.1) is 6.92 Å². The van der Waals surface area contributed by atoms with Gasteiger partial charge in [0, 0.05) is 24.5 Å². The van der Waals surface area contributed by atoms with Crippen LogP contribution < -0.4 is 10.2 Å². The summed E-state index contributed by atoms with van der Waals surface area (Å²) < 4.78 is 5.35. The summed E-state index contributed by atoms with van der Waals surface area (Å²) in [7, 11) is 0. The van der Waals surface area contributed by atoms with Gasteiger partial charge in [-0.2, -0.15) is 0 Å². The van der Waals surface area contributed by atoms with Gasteiger partial charge in [-0.15, -0.1) is 11.6 Å². The fraction of sp³-hybridized carbons (Fsp3) is 0.500. The Labute approximate surface area is 118 Å². The summed E-state index contributed by atoms with van der Waals surface area (Å²) in [5, 5.41) is 2.27. The number of anilines is 2. The zero-order chi connectivity index (χ0) is 13.8. The Morgan fingerprint density at radius 3 is 2.68 bits per heavy atom. The van der Waals surface area contributed by atoms with Crippen LogP contribution >= 0.6 is 11.6 Å². The average Bonchev–Trinajstić information content (AvgIpc) is 2.39. The van der Waals surface area contributed by atoms with Crippen LogP contribution in [0.2, 0.25) is 0 Å². The molecule has 0 bridgehead atoms. The van der Waals surface area contributed by atoms with Crippen molar-refractivity contribution in [2.45, 2.75) is 19.2 Å². The second-order valence-corrected chi connectivity index (χ2v) is 5.36. The number of rotatable bonds is 3. The number of nitrogens with one attached hydrogen (secondary N) is 1. The highest BCUT2D eigenvalue weighted by molar-refractivity contribution is 6.32. The summed E-state index contributed by atoms with van der Waals surface area (Å²) in [5.74, 6) is -0.180. The Kier molecular flexibility index (Phi) is 4.66. The van der Waals surface area contributed by atoms with Crippen LogP contribution in [0.25, 0.3) is 0 Å². The van der Waals surface area contributed by atoms with Gasteiger partial charge in [-0.05, 0) is 37.6 Å². The van der Waals surface area contributed by atoms with Gasteiger partial charge in [-0.1, -0.05) is 0 Å². The van der Waals surface area contributed by atoms with Gasteiger partial charge in [0.05, 0.1) is 13.2 Å². The monoisotopic (exact) mass is 282 g/mol. The predicted octanol–water partition coefficient (Wildman–Crippen LogP) is 2.40. The van der Waals surface area contributed by atoms with E-state index in [1.54, 1.807) is 6.92 Å². The molecule has 1 aromatic rings. The molecule has 0 aromatic heterocycles. The van der Waals surface area contributed by atoms with E-state index < -0.39 is 5.38 Å². The van der Waals surface area contributed by atoms with Gasteiger partial charge in [0.1, 0.15) is 5.38 Å². The molecule has 5 heteroatoms. The van der Waals surface area contributed by atoms with Gasteiger partial charge in [0.2, 0.25) is 5.91 Å². The first-order chi connectivity index (χ1) is 9.08. The molecule has 1 heterocycles. The van der Waals surface area contributed by atoms with Crippen molar-refractivity contribution >= 4 is 28.9 Å². The lowest BCUT2D eigenvalue weighted by atomic mass is 10.1. The molecule has 1 saturated heterocycles. The number of ether oxygens (including phenoxy) is 1. The predicted molar refractivity (Wildman–Crippen MR) is 78.2 cm³/mol. The Balaban J connectivity index is 2.10. The largest absolute Gasteiger partial charge is 0.378 e. The molecule has 1 N–H and O–H groups in total. The number of benzene rings is 1. The Morgan fingerprint density at radius 1 is 1.42 bits per heavy atom. The van der Waals surface area contributed by atoms with Crippen LogP contribution in [-0.4, -0.2) is 37.6 Å². The van der Waals surface area contributed by atoms with Gasteiger partial charge in [0.25, 0.3) is 0 Å². The summed E-state index contributed by atoms with van der Waals surface area (Å²) in [6, 6.07) is 5.92. The van der Waals surface area contributed by atoms with Crippen LogP contribution in [0.4, 0.5) is 11.4 Å². The minimum atomic E-state index is -0.528. The highest BCUT2D eigenvalue weighted by Gasteiger charge is 2.14. The second kappa shape index (κ2) is 6.26. The summed E-state index contributed by atoms with van der Waals surface area (Å²) in [6.45, 7) is 7.05. The van der Waals surface area contributed by atoms with E-state index >= 15 is 0 Å². The number of hydrogen-bond donors (Lipinski definition) is 1. The lowest BCUT2D eigenvalue weighted by Gasteiger charge is -2.30. The first kappa shape index (κ1) is 14.2. The van der Waals surface area contributed by atoms with Crippen molar-refractivity contribution in [1.29, 1.82) is 0 Å². The van der Waals surface area contributed by atoms with Gasteiger partial charge in [0.15, 0.2) is 0 Å². The number of halogens is 1. The molecule has 104 valence electrons. The maximum atomic E-state index is 11.5. The van der Waals surface area contributed by atoms with Crippen molar-refractivity contribution < 1.29 is 9.53 Å². The lowest BCUT2D eigenvalue weighted by Crippen LogP contribution is -2.36. The second-order valence-electron chi connectivity index (χ2n) is 4.71. The fourth-order valence-electron chi connectivity index (χ4n) is 2.13. The standard InChI is InChI=1S/C14H19ClN2O2/c1-10-9-12(16-14(18)11(2)15)3-4-13(10)17-5-7-19-8-6-17/h3-4,9,11H,5-8H2,1-2H3,(H,16,18)/t11-/m0/s1. The van der Waals surface area contributed by atoms with E-state index in [0.717, 1.165) is 37.6 Å². The van der Waals surface area contributed by atoms with Crippen LogP contribution in [0.15, 0.2) is 18.2 Å². The van der Waals surface area contributed by atoms with E-state index in [4.69, 9.17) is 16.3 Å². The Hall–Kier alpha value is -1.26. The maximum Gasteiger partial charge on any atom is 0.242 e. The molecule has 0 spiro atoms. The van der Waals surface area contributed by atoms with Crippen molar-refractivity contribution in [2.24, 2.45) is 0 Å².